The minimum absolute atomic E-state index is 0.0730. The molecule has 3 unspecified atom stereocenters. The number of rotatable bonds is 5. The Morgan fingerprint density at radius 1 is 1.18 bits per heavy atom. The number of hydrogen-bond acceptors (Lipinski definition) is 2. The Balaban J connectivity index is 2.72. The van der Waals surface area contributed by atoms with E-state index in [2.05, 4.69) is 39.5 Å². The van der Waals surface area contributed by atoms with Gasteiger partial charge in [0, 0.05) is 12.6 Å². The zero-order chi connectivity index (χ0) is 13.0. The second kappa shape index (κ2) is 6.75. The van der Waals surface area contributed by atoms with E-state index in [1.807, 2.05) is 0 Å². The first-order valence-corrected chi connectivity index (χ1v) is 7.37. The summed E-state index contributed by atoms with van der Waals surface area (Å²) in [6.07, 6.45) is 3.09. The lowest BCUT2D eigenvalue weighted by Crippen LogP contribution is -2.48. The van der Waals surface area contributed by atoms with Crippen molar-refractivity contribution in [3.05, 3.63) is 0 Å². The highest BCUT2D eigenvalue weighted by Crippen LogP contribution is 2.34. The van der Waals surface area contributed by atoms with Gasteiger partial charge in [-0.05, 0) is 43.6 Å². The predicted octanol–water partition coefficient (Wildman–Crippen LogP) is 3.15. The van der Waals surface area contributed by atoms with Crippen LogP contribution >= 0.6 is 0 Å². The van der Waals surface area contributed by atoms with Gasteiger partial charge in [0.05, 0.1) is 6.10 Å². The molecule has 0 bridgehead atoms. The smallest absolute Gasteiger partial charge is 0.0555 e. The van der Waals surface area contributed by atoms with E-state index in [1.54, 1.807) is 0 Å². The summed E-state index contributed by atoms with van der Waals surface area (Å²) in [5.41, 5.74) is 0. The molecule has 0 aromatic carbocycles. The molecule has 1 aliphatic rings. The summed E-state index contributed by atoms with van der Waals surface area (Å²) in [6, 6.07) is 0.589. The molecule has 0 spiro atoms. The maximum absolute atomic E-state index is 9.93. The zero-order valence-corrected chi connectivity index (χ0v) is 12.3. The second-order valence-corrected chi connectivity index (χ2v) is 6.42. The van der Waals surface area contributed by atoms with E-state index in [-0.39, 0.29) is 6.10 Å². The van der Waals surface area contributed by atoms with Gasteiger partial charge in [0.15, 0.2) is 0 Å². The summed E-state index contributed by atoms with van der Waals surface area (Å²) in [7, 11) is 0. The van der Waals surface area contributed by atoms with Gasteiger partial charge in [0.25, 0.3) is 0 Å². The SMILES string of the molecule is CCN(CC(C)C)C1CC(O)CCC1C(C)C. The van der Waals surface area contributed by atoms with Crippen molar-refractivity contribution >= 4 is 0 Å². The Hall–Kier alpha value is -0.0800. The lowest BCUT2D eigenvalue weighted by molar-refractivity contribution is 0.00932. The number of aliphatic hydroxyl groups excluding tert-OH is 1. The fourth-order valence-electron chi connectivity index (χ4n) is 3.31. The van der Waals surface area contributed by atoms with Crippen molar-refractivity contribution in [2.24, 2.45) is 17.8 Å². The summed E-state index contributed by atoms with van der Waals surface area (Å²) < 4.78 is 0. The Bertz CT molecular complexity index is 215. The summed E-state index contributed by atoms with van der Waals surface area (Å²) in [4.78, 5) is 2.59. The van der Waals surface area contributed by atoms with Gasteiger partial charge in [-0.15, -0.1) is 0 Å². The highest BCUT2D eigenvalue weighted by Gasteiger charge is 2.34. The van der Waals surface area contributed by atoms with Crippen LogP contribution in [0.15, 0.2) is 0 Å². The van der Waals surface area contributed by atoms with E-state index in [1.165, 1.54) is 6.42 Å². The van der Waals surface area contributed by atoms with Crippen molar-refractivity contribution in [3.8, 4) is 0 Å². The van der Waals surface area contributed by atoms with E-state index in [0.717, 1.165) is 37.8 Å². The normalized spacial score (nSPS) is 30.5. The first-order chi connectivity index (χ1) is 7.95. The molecule has 1 N–H and O–H groups in total. The predicted molar refractivity (Wildman–Crippen MR) is 74.1 cm³/mol. The molecule has 2 heteroatoms. The van der Waals surface area contributed by atoms with Crippen LogP contribution in [-0.4, -0.2) is 35.2 Å². The Morgan fingerprint density at radius 2 is 1.82 bits per heavy atom. The van der Waals surface area contributed by atoms with Crippen LogP contribution in [0.2, 0.25) is 0 Å². The summed E-state index contributed by atoms with van der Waals surface area (Å²) in [6.45, 7) is 13.8. The van der Waals surface area contributed by atoms with Crippen LogP contribution in [0, 0.1) is 17.8 Å². The minimum atomic E-state index is -0.0730. The van der Waals surface area contributed by atoms with Gasteiger partial charge >= 0.3 is 0 Å². The number of hydrogen-bond donors (Lipinski definition) is 1. The first kappa shape index (κ1) is 15.0. The Labute approximate surface area is 107 Å². The van der Waals surface area contributed by atoms with Gasteiger partial charge in [-0.25, -0.2) is 0 Å². The Kier molecular flexibility index (Phi) is 5.94. The maximum atomic E-state index is 9.93. The minimum Gasteiger partial charge on any atom is -0.393 e. The Morgan fingerprint density at radius 3 is 2.29 bits per heavy atom. The highest BCUT2D eigenvalue weighted by atomic mass is 16.3. The van der Waals surface area contributed by atoms with E-state index in [4.69, 9.17) is 0 Å². The molecule has 0 aliphatic heterocycles. The van der Waals surface area contributed by atoms with Crippen LogP contribution in [0.4, 0.5) is 0 Å². The summed E-state index contributed by atoms with van der Waals surface area (Å²) >= 11 is 0. The van der Waals surface area contributed by atoms with E-state index < -0.39 is 0 Å². The van der Waals surface area contributed by atoms with Crippen molar-refractivity contribution < 1.29 is 5.11 Å². The van der Waals surface area contributed by atoms with Crippen molar-refractivity contribution in [3.63, 3.8) is 0 Å². The molecular formula is C15H31NO. The standard InChI is InChI=1S/C15H31NO/c1-6-16(10-11(2)3)15-9-13(17)7-8-14(15)12(4)5/h11-15,17H,6-10H2,1-5H3. The maximum Gasteiger partial charge on any atom is 0.0555 e. The molecule has 0 amide bonds. The monoisotopic (exact) mass is 241 g/mol. The van der Waals surface area contributed by atoms with Crippen LogP contribution in [0.25, 0.3) is 0 Å². The van der Waals surface area contributed by atoms with Crippen LogP contribution < -0.4 is 0 Å². The molecule has 3 atom stereocenters. The fraction of sp³-hybridized carbons (Fsp3) is 1.00. The van der Waals surface area contributed by atoms with Gasteiger partial charge in [0.1, 0.15) is 0 Å². The third kappa shape index (κ3) is 4.26. The number of nitrogens with zero attached hydrogens (tertiary/aromatic N) is 1. The van der Waals surface area contributed by atoms with Crippen LogP contribution in [0.3, 0.4) is 0 Å². The summed E-state index contributed by atoms with van der Waals surface area (Å²) in [5, 5.41) is 9.93. The molecule has 1 fully saturated rings. The van der Waals surface area contributed by atoms with Gasteiger partial charge in [0.2, 0.25) is 0 Å². The molecule has 0 heterocycles. The molecular weight excluding hydrogens is 210 g/mol. The van der Waals surface area contributed by atoms with Gasteiger partial charge in [-0.2, -0.15) is 0 Å². The van der Waals surface area contributed by atoms with Gasteiger partial charge in [-0.3, -0.25) is 0 Å². The molecule has 1 saturated carbocycles. The van der Waals surface area contributed by atoms with Crippen molar-refractivity contribution in [2.45, 2.75) is 66.0 Å². The fourth-order valence-corrected chi connectivity index (χ4v) is 3.31. The van der Waals surface area contributed by atoms with E-state index >= 15 is 0 Å². The van der Waals surface area contributed by atoms with Crippen molar-refractivity contribution in [1.82, 2.24) is 4.90 Å². The topological polar surface area (TPSA) is 23.5 Å². The van der Waals surface area contributed by atoms with Crippen LogP contribution in [-0.2, 0) is 0 Å². The third-order valence-corrected chi connectivity index (χ3v) is 4.17. The van der Waals surface area contributed by atoms with Gasteiger partial charge < -0.3 is 10.0 Å². The quantitative estimate of drug-likeness (QED) is 0.799. The molecule has 0 aromatic rings. The van der Waals surface area contributed by atoms with Crippen molar-refractivity contribution in [1.29, 1.82) is 0 Å². The van der Waals surface area contributed by atoms with Crippen LogP contribution in [0.5, 0.6) is 0 Å². The first-order valence-electron chi connectivity index (χ1n) is 7.37. The molecule has 0 saturated heterocycles. The van der Waals surface area contributed by atoms with Gasteiger partial charge in [-0.1, -0.05) is 34.6 Å². The lowest BCUT2D eigenvalue weighted by Gasteiger charge is -2.43. The zero-order valence-electron chi connectivity index (χ0n) is 12.3. The molecule has 2 nitrogen and oxygen atoms in total. The molecule has 1 rings (SSSR count). The highest BCUT2D eigenvalue weighted by molar-refractivity contribution is 4.88. The second-order valence-electron chi connectivity index (χ2n) is 6.42. The van der Waals surface area contributed by atoms with E-state index in [9.17, 15) is 5.11 Å². The largest absolute Gasteiger partial charge is 0.393 e. The lowest BCUT2D eigenvalue weighted by atomic mass is 9.76. The average Bonchev–Trinajstić information content (AvgIpc) is 2.25. The average molecular weight is 241 g/mol. The molecule has 1 aliphatic carbocycles. The molecule has 0 aromatic heterocycles. The van der Waals surface area contributed by atoms with Crippen molar-refractivity contribution in [2.75, 3.05) is 13.1 Å². The van der Waals surface area contributed by atoms with Crippen LogP contribution in [0.1, 0.15) is 53.9 Å². The third-order valence-electron chi connectivity index (χ3n) is 4.17. The molecule has 0 radical (unpaired) electrons. The summed E-state index contributed by atoms with van der Waals surface area (Å²) in [5.74, 6) is 2.20. The van der Waals surface area contributed by atoms with E-state index in [0.29, 0.717) is 12.0 Å². The molecule has 102 valence electrons. The molecule has 17 heavy (non-hydrogen) atoms. The number of aliphatic hydroxyl groups is 1.